The van der Waals surface area contributed by atoms with Crippen LogP contribution in [-0.2, 0) is 0 Å². The van der Waals surface area contributed by atoms with Gasteiger partial charge in [0.15, 0.2) is 0 Å². The van der Waals surface area contributed by atoms with Gasteiger partial charge in [-0.25, -0.2) is 0 Å². The van der Waals surface area contributed by atoms with Crippen LogP contribution in [0, 0.1) is 12.8 Å². The van der Waals surface area contributed by atoms with Crippen LogP contribution in [0.5, 0.6) is 5.75 Å². The second-order valence-corrected chi connectivity index (χ2v) is 5.74. The summed E-state index contributed by atoms with van der Waals surface area (Å²) in [5.41, 5.74) is 3.33. The van der Waals surface area contributed by atoms with E-state index in [1.165, 1.54) is 11.1 Å². The number of aliphatic hydroxyl groups excluding tert-OH is 1. The summed E-state index contributed by atoms with van der Waals surface area (Å²) in [4.78, 5) is 0. The Kier molecular flexibility index (Phi) is 3.17. The largest absolute Gasteiger partial charge is 0.508 e. The summed E-state index contributed by atoms with van der Waals surface area (Å²) in [7, 11) is 0. The lowest BCUT2D eigenvalue weighted by atomic mass is 9.71. The highest BCUT2D eigenvalue weighted by atomic mass is 16.3. The van der Waals surface area contributed by atoms with Gasteiger partial charge in [0.1, 0.15) is 5.75 Å². The fraction of sp³-hybridized carbons (Fsp3) is 0.600. The van der Waals surface area contributed by atoms with Crippen LogP contribution in [-0.4, -0.2) is 16.3 Å². The van der Waals surface area contributed by atoms with Gasteiger partial charge in [0.2, 0.25) is 0 Å². The third-order valence-electron chi connectivity index (χ3n) is 4.02. The van der Waals surface area contributed by atoms with Gasteiger partial charge < -0.3 is 10.2 Å². The molecule has 3 atom stereocenters. The molecule has 2 nitrogen and oxygen atoms in total. The summed E-state index contributed by atoms with van der Waals surface area (Å²) >= 11 is 0. The van der Waals surface area contributed by atoms with E-state index in [0.29, 0.717) is 17.6 Å². The van der Waals surface area contributed by atoms with Crippen molar-refractivity contribution in [1.29, 1.82) is 0 Å². The quantitative estimate of drug-likeness (QED) is 0.782. The lowest BCUT2D eigenvalue weighted by molar-refractivity contribution is 0.0976. The lowest BCUT2D eigenvalue weighted by Crippen LogP contribution is -2.30. The standard InChI is InChI=1S/C15H22O2/c1-8(2)15-12-5-10(4)13(16)7-11(12)9(3)6-14(15)17/h5,7-9,14-17H,6H2,1-4H3/t9-,14+,15-/m0/s1. The molecule has 94 valence electrons. The Morgan fingerprint density at radius 2 is 1.88 bits per heavy atom. The smallest absolute Gasteiger partial charge is 0.118 e. The van der Waals surface area contributed by atoms with Crippen LogP contribution in [0.1, 0.15) is 55.7 Å². The maximum atomic E-state index is 10.3. The average Bonchev–Trinajstić information content (AvgIpc) is 2.20. The normalized spacial score (nSPS) is 28.2. The summed E-state index contributed by atoms with van der Waals surface area (Å²) in [6.07, 6.45) is 0.527. The van der Waals surface area contributed by atoms with Crippen LogP contribution >= 0.6 is 0 Å². The zero-order valence-electron chi connectivity index (χ0n) is 11.1. The van der Waals surface area contributed by atoms with E-state index in [2.05, 4.69) is 20.8 Å². The molecule has 0 spiro atoms. The van der Waals surface area contributed by atoms with Crippen LogP contribution in [0.3, 0.4) is 0 Å². The number of hydrogen-bond acceptors (Lipinski definition) is 2. The Morgan fingerprint density at radius 1 is 1.24 bits per heavy atom. The third kappa shape index (κ3) is 2.06. The monoisotopic (exact) mass is 234 g/mol. The first-order valence-electron chi connectivity index (χ1n) is 6.43. The molecule has 1 aromatic carbocycles. The highest BCUT2D eigenvalue weighted by molar-refractivity contribution is 5.46. The molecule has 0 aliphatic heterocycles. The molecule has 0 bridgehead atoms. The van der Waals surface area contributed by atoms with Gasteiger partial charge in [0.25, 0.3) is 0 Å². The molecule has 0 heterocycles. The number of rotatable bonds is 1. The van der Waals surface area contributed by atoms with Crippen LogP contribution in [0.2, 0.25) is 0 Å². The van der Waals surface area contributed by atoms with Gasteiger partial charge in [0.05, 0.1) is 6.10 Å². The van der Waals surface area contributed by atoms with Gasteiger partial charge in [-0.15, -0.1) is 0 Å². The van der Waals surface area contributed by atoms with Crippen molar-refractivity contribution >= 4 is 0 Å². The van der Waals surface area contributed by atoms with E-state index < -0.39 is 0 Å². The Morgan fingerprint density at radius 3 is 2.47 bits per heavy atom. The maximum Gasteiger partial charge on any atom is 0.118 e. The molecule has 1 aliphatic carbocycles. The van der Waals surface area contributed by atoms with Crippen LogP contribution in [0.25, 0.3) is 0 Å². The molecule has 0 unspecified atom stereocenters. The molecule has 2 heteroatoms. The van der Waals surface area contributed by atoms with Crippen molar-refractivity contribution in [3.05, 3.63) is 28.8 Å². The minimum absolute atomic E-state index is 0.195. The van der Waals surface area contributed by atoms with Crippen molar-refractivity contribution in [3.8, 4) is 5.75 Å². The average molecular weight is 234 g/mol. The highest BCUT2D eigenvalue weighted by Crippen LogP contribution is 2.44. The zero-order valence-corrected chi connectivity index (χ0v) is 11.1. The van der Waals surface area contributed by atoms with E-state index in [1.807, 2.05) is 19.1 Å². The number of aliphatic hydroxyl groups is 1. The number of phenols is 1. The highest BCUT2D eigenvalue weighted by Gasteiger charge is 2.34. The summed E-state index contributed by atoms with van der Waals surface area (Å²) in [6, 6.07) is 3.94. The molecule has 2 N–H and O–H groups in total. The van der Waals surface area contributed by atoms with Gasteiger partial charge >= 0.3 is 0 Å². The second kappa shape index (κ2) is 4.34. The predicted molar refractivity (Wildman–Crippen MR) is 69.5 cm³/mol. The van der Waals surface area contributed by atoms with Crippen molar-refractivity contribution in [3.63, 3.8) is 0 Å². The number of aryl methyl sites for hydroxylation is 1. The molecule has 0 saturated heterocycles. The number of phenolic OH excluding ortho intramolecular Hbond substituents is 1. The number of aromatic hydroxyl groups is 1. The summed E-state index contributed by atoms with van der Waals surface area (Å²) < 4.78 is 0. The molecular weight excluding hydrogens is 212 g/mol. The van der Waals surface area contributed by atoms with Crippen LogP contribution in [0.15, 0.2) is 12.1 Å². The van der Waals surface area contributed by atoms with Gasteiger partial charge in [-0.2, -0.15) is 0 Å². The molecule has 0 amide bonds. The Bertz CT molecular complexity index is 423. The number of benzene rings is 1. The molecular formula is C15H22O2. The van der Waals surface area contributed by atoms with Gasteiger partial charge in [-0.1, -0.05) is 26.8 Å². The van der Waals surface area contributed by atoms with Gasteiger partial charge in [0, 0.05) is 5.92 Å². The second-order valence-electron chi connectivity index (χ2n) is 5.74. The maximum absolute atomic E-state index is 10.3. The van der Waals surface area contributed by atoms with Crippen molar-refractivity contribution in [2.75, 3.05) is 0 Å². The SMILES string of the molecule is Cc1cc2c(cc1O)[C@@H](C)C[C@@H](O)[C@H]2C(C)C. The number of fused-ring (bicyclic) bond motifs is 1. The molecule has 0 aromatic heterocycles. The molecule has 0 fully saturated rings. The number of hydrogen-bond donors (Lipinski definition) is 2. The molecule has 0 radical (unpaired) electrons. The summed E-state index contributed by atoms with van der Waals surface area (Å²) in [5.74, 6) is 1.30. The Labute approximate surface area is 103 Å². The molecule has 17 heavy (non-hydrogen) atoms. The van der Waals surface area contributed by atoms with Crippen molar-refractivity contribution in [2.45, 2.75) is 52.1 Å². The molecule has 0 saturated carbocycles. The minimum Gasteiger partial charge on any atom is -0.508 e. The van der Waals surface area contributed by atoms with E-state index in [0.717, 1.165) is 12.0 Å². The summed E-state index contributed by atoms with van der Waals surface area (Å²) in [5, 5.41) is 20.1. The van der Waals surface area contributed by atoms with E-state index in [1.54, 1.807) is 0 Å². The van der Waals surface area contributed by atoms with Crippen LogP contribution in [0.4, 0.5) is 0 Å². The molecule has 1 aromatic rings. The van der Waals surface area contributed by atoms with E-state index in [9.17, 15) is 10.2 Å². The van der Waals surface area contributed by atoms with Gasteiger partial charge in [-0.3, -0.25) is 0 Å². The first kappa shape index (κ1) is 12.4. The predicted octanol–water partition coefficient (Wildman–Crippen LogP) is 3.31. The Hall–Kier alpha value is -1.02. The van der Waals surface area contributed by atoms with Crippen molar-refractivity contribution in [2.24, 2.45) is 5.92 Å². The first-order valence-corrected chi connectivity index (χ1v) is 6.43. The van der Waals surface area contributed by atoms with Gasteiger partial charge in [-0.05, 0) is 47.9 Å². The molecule has 1 aliphatic rings. The van der Waals surface area contributed by atoms with E-state index >= 15 is 0 Å². The third-order valence-corrected chi connectivity index (χ3v) is 4.02. The lowest BCUT2D eigenvalue weighted by Gasteiger charge is -2.36. The Balaban J connectivity index is 2.57. The van der Waals surface area contributed by atoms with E-state index in [4.69, 9.17) is 0 Å². The molecule has 2 rings (SSSR count). The van der Waals surface area contributed by atoms with Crippen molar-refractivity contribution in [1.82, 2.24) is 0 Å². The fourth-order valence-corrected chi connectivity index (χ4v) is 3.10. The van der Waals surface area contributed by atoms with E-state index in [-0.39, 0.29) is 12.0 Å². The minimum atomic E-state index is -0.263. The zero-order chi connectivity index (χ0) is 12.7. The topological polar surface area (TPSA) is 40.5 Å². The van der Waals surface area contributed by atoms with Crippen LogP contribution < -0.4 is 0 Å². The summed E-state index contributed by atoms with van der Waals surface area (Å²) in [6.45, 7) is 8.33. The fourth-order valence-electron chi connectivity index (χ4n) is 3.10. The van der Waals surface area contributed by atoms with Crippen molar-refractivity contribution < 1.29 is 10.2 Å². The first-order chi connectivity index (χ1) is 7.91.